The van der Waals surface area contributed by atoms with Crippen LogP contribution in [0.3, 0.4) is 0 Å². The molecule has 0 N–H and O–H groups in total. The molecule has 0 radical (unpaired) electrons. The molecule has 0 aliphatic rings. The Labute approximate surface area is 183 Å². The van der Waals surface area contributed by atoms with Crippen LogP contribution in [0.2, 0.25) is 13.3 Å². The van der Waals surface area contributed by atoms with E-state index in [2.05, 4.69) is 51.1 Å². The number of hydrogen-bond donors (Lipinski definition) is 0. The predicted octanol–water partition coefficient (Wildman–Crippen LogP) is 7.45. The van der Waals surface area contributed by atoms with Gasteiger partial charge in [0.2, 0.25) is 0 Å². The molecule has 0 aromatic heterocycles. The van der Waals surface area contributed by atoms with Gasteiger partial charge in [-0.3, -0.25) is 0 Å². The van der Waals surface area contributed by atoms with Gasteiger partial charge in [0, 0.05) is 14.1 Å². The topological polar surface area (TPSA) is 3.24 Å². The van der Waals surface area contributed by atoms with Gasteiger partial charge in [0.15, 0.2) is 0 Å². The van der Waals surface area contributed by atoms with Crippen molar-refractivity contribution in [3.63, 3.8) is 0 Å². The molecular weight excluding hydrogens is 453 g/mol. The zero-order chi connectivity index (χ0) is 20.3. The van der Waals surface area contributed by atoms with E-state index in [1.165, 1.54) is 44.1 Å². The second-order valence-electron chi connectivity index (χ2n) is 7.52. The Balaban J connectivity index is 0.000000503. The number of nitrogens with zero attached hydrogens (tertiary/aromatic N) is 1. The average molecular weight is 496 g/mol. The van der Waals surface area contributed by atoms with Crippen LogP contribution >= 0.6 is 0 Å². The minimum Gasteiger partial charge on any atom is -0.763 e. The third-order valence-corrected chi connectivity index (χ3v) is 14.3. The summed E-state index contributed by atoms with van der Waals surface area (Å²) >= 11 is 4.32. The van der Waals surface area contributed by atoms with E-state index in [9.17, 15) is 0 Å². The van der Waals surface area contributed by atoms with Crippen molar-refractivity contribution in [1.82, 2.24) is 4.90 Å². The van der Waals surface area contributed by atoms with E-state index in [4.69, 9.17) is 12.6 Å². The van der Waals surface area contributed by atoms with Gasteiger partial charge < -0.3 is 17.5 Å². The van der Waals surface area contributed by atoms with Gasteiger partial charge in [-0.15, -0.1) is 5.03 Å². The Morgan fingerprint density at radius 1 is 0.889 bits per heavy atom. The fraction of sp³-hybridized carbons (Fsp3) is 0.667. The Morgan fingerprint density at radius 2 is 1.37 bits per heavy atom. The van der Waals surface area contributed by atoms with Crippen LogP contribution in [0.4, 0.5) is 0 Å². The zero-order valence-electron chi connectivity index (χ0n) is 18.6. The van der Waals surface area contributed by atoms with Crippen LogP contribution in [-0.2, 0) is 19.0 Å². The molecule has 0 unspecified atom stereocenters. The minimum absolute atomic E-state index is 0.839. The third kappa shape index (κ3) is 16.4. The van der Waals surface area contributed by atoms with Gasteiger partial charge in [-0.05, 0) is 18.4 Å². The van der Waals surface area contributed by atoms with Crippen molar-refractivity contribution in [1.29, 1.82) is 0 Å². The normalized spacial score (nSPS) is 10.9. The maximum Gasteiger partial charge on any atom is 0.00396 e. The van der Waals surface area contributed by atoms with E-state index in [1.54, 1.807) is 13.3 Å². The van der Waals surface area contributed by atoms with Gasteiger partial charge in [-0.25, -0.2) is 0 Å². The largest absolute Gasteiger partial charge is 0.763 e. The summed E-state index contributed by atoms with van der Waals surface area (Å²) in [6, 6.07) is 10.5. The van der Waals surface area contributed by atoms with Crippen LogP contribution in [0.25, 0.3) is 0 Å². The van der Waals surface area contributed by atoms with E-state index in [0.29, 0.717) is 0 Å². The number of rotatable bonds is 13. The van der Waals surface area contributed by atoms with Crippen LogP contribution in [0.5, 0.6) is 0 Å². The van der Waals surface area contributed by atoms with E-state index >= 15 is 0 Å². The Bertz CT molecular complexity index is 440. The summed E-state index contributed by atoms with van der Waals surface area (Å²) in [5, 5.41) is 0.918. The first-order valence-electron chi connectivity index (χ1n) is 11.0. The van der Waals surface area contributed by atoms with Gasteiger partial charge in [0.05, 0.1) is 0 Å². The second kappa shape index (κ2) is 19.1. The molecule has 0 atom stereocenters. The summed E-state index contributed by atoms with van der Waals surface area (Å²) in [6.07, 6.45) is 13.0. The maximum absolute atomic E-state index is 5.16. The number of benzene rings is 1. The summed E-state index contributed by atoms with van der Waals surface area (Å²) < 4.78 is 5.04. The van der Waals surface area contributed by atoms with E-state index in [0.717, 1.165) is 17.9 Å². The number of hydrogen-bond acceptors (Lipinski definition) is 2. The molecule has 0 saturated heterocycles. The molecule has 0 saturated carbocycles. The number of aryl methyl sites for hydroxylation is 1. The van der Waals surface area contributed by atoms with Gasteiger partial charge in [-0.1, -0.05) is 36.4 Å². The number of allylic oxidation sites excluding steroid dienone is 1. The van der Waals surface area contributed by atoms with Gasteiger partial charge >= 0.3 is 92.4 Å². The standard InChI is InChI=1S/C12H17NS.3C4H9.Sn/c1-13(2)12(14)10-6-9-11-7-4-3-5-8-11;3*1-3-4-2;/h3-5,7-8,10,14H,6,9H2,1-2H3;3*1,3-4H2,2H3;/q;;;;+1/p-1/b12-10-;;;;. The van der Waals surface area contributed by atoms with E-state index < -0.39 is 19.8 Å². The molecule has 0 aliphatic carbocycles. The van der Waals surface area contributed by atoms with E-state index in [1.807, 2.05) is 25.1 Å². The van der Waals surface area contributed by atoms with Crippen molar-refractivity contribution in [2.75, 3.05) is 14.1 Å². The molecule has 0 amide bonds. The minimum atomic E-state index is -0.839. The molecule has 3 heteroatoms. The molecule has 1 nitrogen and oxygen atoms in total. The third-order valence-electron chi connectivity index (χ3n) is 4.69. The first kappa shape index (κ1) is 26.8. The van der Waals surface area contributed by atoms with Gasteiger partial charge in [0.25, 0.3) is 0 Å². The molecule has 1 rings (SSSR count). The Hall–Kier alpha value is -0.221. The quantitative estimate of drug-likeness (QED) is 0.206. The van der Waals surface area contributed by atoms with Gasteiger partial charge in [0.1, 0.15) is 0 Å². The van der Waals surface area contributed by atoms with Crippen LogP contribution < -0.4 is 0 Å². The SMILES string of the molecule is CCC[CH2][Sn+]([CH2]CCC)[CH2]CCC.CN(C)/C([S-])=C/CCc1ccccc1. The molecule has 154 valence electrons. The van der Waals surface area contributed by atoms with Crippen molar-refractivity contribution in [3.05, 3.63) is 47.0 Å². The summed E-state index contributed by atoms with van der Waals surface area (Å²) in [4.78, 5) is 1.96. The molecule has 1 aromatic carbocycles. The van der Waals surface area contributed by atoms with Crippen molar-refractivity contribution in [2.45, 2.75) is 85.4 Å². The molecule has 0 heterocycles. The van der Waals surface area contributed by atoms with Crippen LogP contribution in [-0.4, -0.2) is 38.8 Å². The summed E-state index contributed by atoms with van der Waals surface area (Å²) in [6.45, 7) is 7.00. The molecule has 0 bridgehead atoms. The Kier molecular flexibility index (Phi) is 19.0. The number of unbranched alkanes of at least 4 members (excludes halogenated alkanes) is 3. The van der Waals surface area contributed by atoms with Crippen LogP contribution in [0.1, 0.15) is 71.3 Å². The smallest absolute Gasteiger partial charge is 0.00396 e. The predicted molar refractivity (Wildman–Crippen MR) is 129 cm³/mol. The van der Waals surface area contributed by atoms with E-state index in [-0.39, 0.29) is 0 Å². The van der Waals surface area contributed by atoms with Crippen LogP contribution in [0, 0.1) is 0 Å². The van der Waals surface area contributed by atoms with Crippen molar-refractivity contribution in [3.8, 4) is 0 Å². The average Bonchev–Trinajstić information content (AvgIpc) is 2.68. The fourth-order valence-electron chi connectivity index (χ4n) is 2.84. The van der Waals surface area contributed by atoms with Crippen molar-refractivity contribution in [2.24, 2.45) is 0 Å². The fourth-order valence-corrected chi connectivity index (χ4v) is 12.4. The monoisotopic (exact) mass is 497 g/mol. The summed E-state index contributed by atoms with van der Waals surface area (Å²) in [5.74, 6) is 0. The molecule has 1 aromatic rings. The second-order valence-corrected chi connectivity index (χ2v) is 16.5. The van der Waals surface area contributed by atoms with Crippen molar-refractivity contribution < 1.29 is 0 Å². The van der Waals surface area contributed by atoms with Crippen LogP contribution in [0.15, 0.2) is 41.4 Å². The molecule has 0 spiro atoms. The molecular formula is C24H43NSSn. The first-order valence-corrected chi connectivity index (χ1v) is 17.4. The zero-order valence-corrected chi connectivity index (χ0v) is 22.3. The molecule has 0 fully saturated rings. The summed E-state index contributed by atoms with van der Waals surface area (Å²) in [5.41, 5.74) is 1.37. The summed E-state index contributed by atoms with van der Waals surface area (Å²) in [7, 11) is 3.95. The molecule has 27 heavy (non-hydrogen) atoms. The molecule has 0 aliphatic heterocycles. The van der Waals surface area contributed by atoms with Gasteiger partial charge in [-0.2, -0.15) is 0 Å². The Morgan fingerprint density at radius 3 is 1.78 bits per heavy atom. The maximum atomic E-state index is 5.16. The van der Waals surface area contributed by atoms with Crippen molar-refractivity contribution >= 4 is 32.4 Å². The first-order chi connectivity index (χ1) is 13.0.